The molecule has 0 fully saturated rings. The van der Waals surface area contributed by atoms with E-state index in [1.54, 1.807) is 18.2 Å². The molecule has 0 aromatic heterocycles. The summed E-state index contributed by atoms with van der Waals surface area (Å²) in [4.78, 5) is 0. The Morgan fingerprint density at radius 1 is 1.50 bits per heavy atom. The Kier molecular flexibility index (Phi) is 4.65. The number of nitriles is 1. The molecular weight excluding hydrogens is 200 g/mol. The van der Waals surface area contributed by atoms with Crippen molar-refractivity contribution in [2.45, 2.75) is 26.7 Å². The van der Waals surface area contributed by atoms with Crippen LogP contribution in [0.25, 0.3) is 0 Å². The van der Waals surface area contributed by atoms with Crippen LogP contribution >= 0.6 is 0 Å². The van der Waals surface area contributed by atoms with Crippen molar-refractivity contribution >= 4 is 5.69 Å². The van der Waals surface area contributed by atoms with Gasteiger partial charge in [0.25, 0.3) is 0 Å². The average Bonchev–Trinajstić information content (AvgIpc) is 2.28. The molecule has 3 nitrogen and oxygen atoms in total. The van der Waals surface area contributed by atoms with Crippen molar-refractivity contribution in [2.75, 3.05) is 12.3 Å². The molecule has 0 aliphatic carbocycles. The zero-order valence-corrected chi connectivity index (χ0v) is 9.86. The van der Waals surface area contributed by atoms with E-state index in [0.29, 0.717) is 29.5 Å². The summed E-state index contributed by atoms with van der Waals surface area (Å²) in [5.41, 5.74) is 6.72. The highest BCUT2D eigenvalue weighted by Gasteiger charge is 2.07. The molecule has 3 heteroatoms. The van der Waals surface area contributed by atoms with Gasteiger partial charge in [0.2, 0.25) is 0 Å². The molecule has 0 aliphatic heterocycles. The monoisotopic (exact) mass is 218 g/mol. The van der Waals surface area contributed by atoms with Gasteiger partial charge in [-0.3, -0.25) is 0 Å². The van der Waals surface area contributed by atoms with Gasteiger partial charge in [-0.1, -0.05) is 26.3 Å². The Morgan fingerprint density at radius 3 is 2.88 bits per heavy atom. The molecule has 1 atom stereocenters. The molecule has 1 aromatic rings. The summed E-state index contributed by atoms with van der Waals surface area (Å²) in [6.45, 7) is 4.95. The summed E-state index contributed by atoms with van der Waals surface area (Å²) in [7, 11) is 0. The van der Waals surface area contributed by atoms with Crippen LogP contribution in [0.3, 0.4) is 0 Å². The fourth-order valence-corrected chi connectivity index (χ4v) is 1.58. The standard InChI is InChI=1S/C13H18N2O/c1-3-5-10(2)9-16-12-7-4-6-11(8-14)13(12)15/h4,6-7,10H,3,5,9,15H2,1-2H3. The molecule has 1 rings (SSSR count). The second kappa shape index (κ2) is 6.02. The van der Waals surface area contributed by atoms with Crippen molar-refractivity contribution in [3.63, 3.8) is 0 Å². The first kappa shape index (κ1) is 12.4. The lowest BCUT2D eigenvalue weighted by atomic mass is 10.1. The lowest BCUT2D eigenvalue weighted by Crippen LogP contribution is -2.09. The lowest BCUT2D eigenvalue weighted by Gasteiger charge is -2.13. The number of nitrogens with zero attached hydrogens (tertiary/aromatic N) is 1. The number of rotatable bonds is 5. The number of hydrogen-bond donors (Lipinski definition) is 1. The van der Waals surface area contributed by atoms with E-state index in [9.17, 15) is 0 Å². The van der Waals surface area contributed by atoms with Gasteiger partial charge in [-0.15, -0.1) is 0 Å². The number of para-hydroxylation sites is 1. The number of nitrogen functional groups attached to an aromatic ring is 1. The SMILES string of the molecule is CCCC(C)COc1cccc(C#N)c1N. The summed E-state index contributed by atoms with van der Waals surface area (Å²) >= 11 is 0. The van der Waals surface area contributed by atoms with E-state index in [0.717, 1.165) is 12.8 Å². The molecule has 0 heterocycles. The third-order valence-corrected chi connectivity index (χ3v) is 2.49. The van der Waals surface area contributed by atoms with Crippen LogP contribution in [0.5, 0.6) is 5.75 Å². The smallest absolute Gasteiger partial charge is 0.143 e. The van der Waals surface area contributed by atoms with E-state index >= 15 is 0 Å². The Labute approximate surface area is 96.8 Å². The molecule has 86 valence electrons. The van der Waals surface area contributed by atoms with Crippen LogP contribution in [0.1, 0.15) is 32.3 Å². The van der Waals surface area contributed by atoms with Crippen LogP contribution in [0.15, 0.2) is 18.2 Å². The zero-order valence-electron chi connectivity index (χ0n) is 9.86. The normalized spacial score (nSPS) is 11.8. The van der Waals surface area contributed by atoms with Crippen molar-refractivity contribution in [3.05, 3.63) is 23.8 Å². The van der Waals surface area contributed by atoms with Gasteiger partial charge in [0.1, 0.15) is 11.8 Å². The Balaban J connectivity index is 2.64. The van der Waals surface area contributed by atoms with Crippen LogP contribution < -0.4 is 10.5 Å². The number of benzene rings is 1. The fourth-order valence-electron chi connectivity index (χ4n) is 1.58. The molecule has 1 aromatic carbocycles. The number of hydrogen-bond acceptors (Lipinski definition) is 3. The first-order valence-electron chi connectivity index (χ1n) is 5.60. The molecule has 16 heavy (non-hydrogen) atoms. The van der Waals surface area contributed by atoms with Gasteiger partial charge in [0.05, 0.1) is 17.9 Å². The molecule has 0 radical (unpaired) electrons. The number of nitrogens with two attached hydrogens (primary N) is 1. The van der Waals surface area contributed by atoms with Crippen LogP contribution in [0, 0.1) is 17.2 Å². The van der Waals surface area contributed by atoms with E-state index in [1.165, 1.54) is 0 Å². The second-order valence-electron chi connectivity index (χ2n) is 4.03. The van der Waals surface area contributed by atoms with Gasteiger partial charge < -0.3 is 10.5 Å². The highest BCUT2D eigenvalue weighted by atomic mass is 16.5. The summed E-state index contributed by atoms with van der Waals surface area (Å²) in [6, 6.07) is 7.32. The second-order valence-corrected chi connectivity index (χ2v) is 4.03. The summed E-state index contributed by atoms with van der Waals surface area (Å²) in [5, 5.41) is 8.82. The molecule has 0 bridgehead atoms. The highest BCUT2D eigenvalue weighted by molar-refractivity contribution is 5.62. The zero-order chi connectivity index (χ0) is 12.0. The topological polar surface area (TPSA) is 59.0 Å². The molecule has 0 aliphatic rings. The van der Waals surface area contributed by atoms with Crippen LogP contribution in [0.2, 0.25) is 0 Å². The van der Waals surface area contributed by atoms with Crippen molar-refractivity contribution in [2.24, 2.45) is 5.92 Å². The predicted octanol–water partition coefficient (Wildman–Crippen LogP) is 2.96. The molecule has 0 spiro atoms. The minimum atomic E-state index is 0.439. The van der Waals surface area contributed by atoms with Gasteiger partial charge in [0, 0.05) is 0 Å². The third-order valence-electron chi connectivity index (χ3n) is 2.49. The number of ether oxygens (including phenoxy) is 1. The van der Waals surface area contributed by atoms with Gasteiger partial charge in [0.15, 0.2) is 0 Å². The average molecular weight is 218 g/mol. The minimum absolute atomic E-state index is 0.439. The highest BCUT2D eigenvalue weighted by Crippen LogP contribution is 2.25. The Morgan fingerprint density at radius 2 is 2.25 bits per heavy atom. The van der Waals surface area contributed by atoms with E-state index in [1.807, 2.05) is 6.07 Å². The minimum Gasteiger partial charge on any atom is -0.491 e. The van der Waals surface area contributed by atoms with E-state index in [-0.39, 0.29) is 0 Å². The van der Waals surface area contributed by atoms with Crippen molar-refractivity contribution in [3.8, 4) is 11.8 Å². The van der Waals surface area contributed by atoms with E-state index in [2.05, 4.69) is 13.8 Å². The third kappa shape index (κ3) is 3.16. The first-order chi connectivity index (χ1) is 7.69. The van der Waals surface area contributed by atoms with E-state index in [4.69, 9.17) is 15.7 Å². The Bertz CT molecular complexity index is 382. The van der Waals surface area contributed by atoms with Crippen molar-refractivity contribution < 1.29 is 4.74 Å². The van der Waals surface area contributed by atoms with Gasteiger partial charge in [-0.2, -0.15) is 5.26 Å². The molecule has 0 saturated heterocycles. The van der Waals surface area contributed by atoms with Gasteiger partial charge in [-0.25, -0.2) is 0 Å². The van der Waals surface area contributed by atoms with E-state index < -0.39 is 0 Å². The first-order valence-corrected chi connectivity index (χ1v) is 5.60. The quantitative estimate of drug-likeness (QED) is 0.773. The molecule has 0 saturated carbocycles. The maximum atomic E-state index is 8.82. The fraction of sp³-hybridized carbons (Fsp3) is 0.462. The summed E-state index contributed by atoms with van der Waals surface area (Å²) < 4.78 is 5.62. The maximum Gasteiger partial charge on any atom is 0.143 e. The van der Waals surface area contributed by atoms with Gasteiger partial charge >= 0.3 is 0 Å². The van der Waals surface area contributed by atoms with Crippen LogP contribution in [0.4, 0.5) is 5.69 Å². The van der Waals surface area contributed by atoms with Crippen LogP contribution in [-0.2, 0) is 0 Å². The largest absolute Gasteiger partial charge is 0.491 e. The van der Waals surface area contributed by atoms with Crippen molar-refractivity contribution in [1.29, 1.82) is 5.26 Å². The number of anilines is 1. The molecule has 1 unspecified atom stereocenters. The lowest BCUT2D eigenvalue weighted by molar-refractivity contribution is 0.253. The summed E-state index contributed by atoms with van der Waals surface area (Å²) in [6.07, 6.45) is 2.29. The molecular formula is C13H18N2O. The summed E-state index contributed by atoms with van der Waals surface area (Å²) in [5.74, 6) is 1.12. The maximum absolute atomic E-state index is 8.82. The van der Waals surface area contributed by atoms with Crippen molar-refractivity contribution in [1.82, 2.24) is 0 Å². The van der Waals surface area contributed by atoms with Gasteiger partial charge in [-0.05, 0) is 24.5 Å². The molecule has 0 amide bonds. The Hall–Kier alpha value is -1.69. The predicted molar refractivity (Wildman–Crippen MR) is 65.1 cm³/mol. The molecule has 2 N–H and O–H groups in total. The van der Waals surface area contributed by atoms with Crippen LogP contribution in [-0.4, -0.2) is 6.61 Å².